The molecule has 1 aromatic carbocycles. The van der Waals surface area contributed by atoms with Gasteiger partial charge in [0.25, 0.3) is 5.91 Å². The fraction of sp³-hybridized carbons (Fsp3) is 0.462. The Bertz CT molecular complexity index is 405. The van der Waals surface area contributed by atoms with E-state index < -0.39 is 0 Å². The third kappa shape index (κ3) is 4.01. The van der Waals surface area contributed by atoms with Crippen molar-refractivity contribution in [3.05, 3.63) is 29.8 Å². The molecule has 98 valence electrons. The summed E-state index contributed by atoms with van der Waals surface area (Å²) in [6.45, 7) is 5.79. The Morgan fingerprint density at radius 3 is 2.89 bits per heavy atom. The highest BCUT2D eigenvalue weighted by Crippen LogP contribution is 2.08. The Hall–Kier alpha value is -1.04. The van der Waals surface area contributed by atoms with Gasteiger partial charge in [0.2, 0.25) is 0 Å². The van der Waals surface area contributed by atoms with Gasteiger partial charge < -0.3 is 10.6 Å². The lowest BCUT2D eigenvalue weighted by atomic mass is 10.2. The number of nitrogens with one attached hydrogen (secondary N) is 2. The van der Waals surface area contributed by atoms with Gasteiger partial charge >= 0.3 is 0 Å². The Labute approximate surface area is 113 Å². The summed E-state index contributed by atoms with van der Waals surface area (Å²) in [7, 11) is 0. The maximum absolute atomic E-state index is 11.9. The normalized spacial score (nSPS) is 16.5. The SMILES string of the molecule is O=C(NCCN1CCNCC1)c1cccc(S)c1. The lowest BCUT2D eigenvalue weighted by Crippen LogP contribution is -2.46. The van der Waals surface area contributed by atoms with Gasteiger partial charge in [-0.05, 0) is 18.2 Å². The molecule has 1 fully saturated rings. The van der Waals surface area contributed by atoms with Crippen LogP contribution in [0.15, 0.2) is 29.2 Å². The van der Waals surface area contributed by atoms with E-state index >= 15 is 0 Å². The number of hydrogen-bond donors (Lipinski definition) is 3. The van der Waals surface area contributed by atoms with Crippen molar-refractivity contribution in [3.8, 4) is 0 Å². The molecule has 1 aromatic rings. The summed E-state index contributed by atoms with van der Waals surface area (Å²) in [5.41, 5.74) is 0.669. The van der Waals surface area contributed by atoms with Gasteiger partial charge in [0, 0.05) is 49.7 Å². The van der Waals surface area contributed by atoms with Gasteiger partial charge in [0.05, 0.1) is 0 Å². The Morgan fingerprint density at radius 2 is 2.17 bits per heavy atom. The largest absolute Gasteiger partial charge is 0.351 e. The minimum absolute atomic E-state index is 0.0268. The third-order valence-corrected chi connectivity index (χ3v) is 3.31. The molecule has 1 saturated heterocycles. The van der Waals surface area contributed by atoms with Crippen LogP contribution in [0.25, 0.3) is 0 Å². The van der Waals surface area contributed by atoms with Gasteiger partial charge in [-0.2, -0.15) is 0 Å². The lowest BCUT2D eigenvalue weighted by molar-refractivity contribution is 0.0947. The molecule has 2 rings (SSSR count). The number of benzene rings is 1. The van der Waals surface area contributed by atoms with E-state index in [2.05, 4.69) is 28.2 Å². The molecule has 18 heavy (non-hydrogen) atoms. The quantitative estimate of drug-likeness (QED) is 0.699. The van der Waals surface area contributed by atoms with Crippen molar-refractivity contribution in [2.45, 2.75) is 4.90 Å². The first-order valence-corrected chi connectivity index (χ1v) is 6.71. The van der Waals surface area contributed by atoms with Gasteiger partial charge in [-0.15, -0.1) is 12.6 Å². The molecule has 0 radical (unpaired) electrons. The van der Waals surface area contributed by atoms with Crippen LogP contribution in [0.5, 0.6) is 0 Å². The van der Waals surface area contributed by atoms with E-state index in [4.69, 9.17) is 0 Å². The molecular weight excluding hydrogens is 246 g/mol. The summed E-state index contributed by atoms with van der Waals surface area (Å²) >= 11 is 4.23. The van der Waals surface area contributed by atoms with Crippen molar-refractivity contribution in [1.29, 1.82) is 0 Å². The predicted octanol–water partition coefficient (Wildman–Crippen LogP) is 0.610. The molecule has 0 aliphatic carbocycles. The molecule has 1 aliphatic heterocycles. The minimum Gasteiger partial charge on any atom is -0.351 e. The van der Waals surface area contributed by atoms with E-state index in [1.54, 1.807) is 12.1 Å². The van der Waals surface area contributed by atoms with Gasteiger partial charge in [0.15, 0.2) is 0 Å². The maximum atomic E-state index is 11.9. The molecule has 0 aromatic heterocycles. The zero-order valence-electron chi connectivity index (χ0n) is 10.4. The van der Waals surface area contributed by atoms with Crippen LogP contribution < -0.4 is 10.6 Å². The second-order valence-electron chi connectivity index (χ2n) is 4.40. The molecule has 0 unspecified atom stereocenters. The Morgan fingerprint density at radius 1 is 1.39 bits per heavy atom. The van der Waals surface area contributed by atoms with Crippen LogP contribution in [0.2, 0.25) is 0 Å². The Kier molecular flexibility index (Phi) is 5.04. The summed E-state index contributed by atoms with van der Waals surface area (Å²) < 4.78 is 0. The first kappa shape index (κ1) is 13.4. The monoisotopic (exact) mass is 265 g/mol. The summed E-state index contributed by atoms with van der Waals surface area (Å²) in [5, 5.41) is 6.25. The number of amides is 1. The highest BCUT2D eigenvalue weighted by molar-refractivity contribution is 7.80. The number of hydrogen-bond acceptors (Lipinski definition) is 4. The maximum Gasteiger partial charge on any atom is 0.251 e. The summed E-state index contributed by atoms with van der Waals surface area (Å²) in [6, 6.07) is 7.29. The number of carbonyl (C=O) groups is 1. The van der Waals surface area contributed by atoms with E-state index in [1.807, 2.05) is 12.1 Å². The second-order valence-corrected chi connectivity index (χ2v) is 4.91. The average molecular weight is 265 g/mol. The van der Waals surface area contributed by atoms with Gasteiger partial charge in [-0.3, -0.25) is 9.69 Å². The van der Waals surface area contributed by atoms with E-state index in [0.717, 1.165) is 37.6 Å². The van der Waals surface area contributed by atoms with E-state index in [1.165, 1.54) is 0 Å². The number of nitrogens with zero attached hydrogens (tertiary/aromatic N) is 1. The van der Waals surface area contributed by atoms with Crippen LogP contribution in [0.3, 0.4) is 0 Å². The number of thiol groups is 1. The topological polar surface area (TPSA) is 44.4 Å². The van der Waals surface area contributed by atoms with Crippen LogP contribution in [0, 0.1) is 0 Å². The fourth-order valence-corrected chi connectivity index (χ4v) is 2.24. The van der Waals surface area contributed by atoms with Crippen LogP contribution in [0.4, 0.5) is 0 Å². The molecule has 2 N–H and O–H groups in total. The zero-order chi connectivity index (χ0) is 12.8. The first-order valence-electron chi connectivity index (χ1n) is 6.26. The van der Waals surface area contributed by atoms with Crippen molar-refractivity contribution in [2.75, 3.05) is 39.3 Å². The van der Waals surface area contributed by atoms with Crippen LogP contribution in [0.1, 0.15) is 10.4 Å². The van der Waals surface area contributed by atoms with Gasteiger partial charge in [0.1, 0.15) is 0 Å². The smallest absolute Gasteiger partial charge is 0.251 e. The zero-order valence-corrected chi connectivity index (χ0v) is 11.2. The van der Waals surface area contributed by atoms with E-state index in [-0.39, 0.29) is 5.91 Å². The van der Waals surface area contributed by atoms with Crippen molar-refractivity contribution in [2.24, 2.45) is 0 Å². The molecule has 0 saturated carbocycles. The van der Waals surface area contributed by atoms with Crippen LogP contribution >= 0.6 is 12.6 Å². The molecule has 0 spiro atoms. The standard InChI is InChI=1S/C13H19N3OS/c17-13(11-2-1-3-12(18)10-11)15-6-9-16-7-4-14-5-8-16/h1-3,10,14,18H,4-9H2,(H,15,17). The highest BCUT2D eigenvalue weighted by Gasteiger charge is 2.10. The van der Waals surface area contributed by atoms with Crippen molar-refractivity contribution < 1.29 is 4.79 Å². The molecule has 4 nitrogen and oxygen atoms in total. The summed E-state index contributed by atoms with van der Waals surface area (Å²) in [6.07, 6.45) is 0. The first-order chi connectivity index (χ1) is 8.75. The predicted molar refractivity (Wildman–Crippen MR) is 75.3 cm³/mol. The fourth-order valence-electron chi connectivity index (χ4n) is 2.01. The molecule has 1 aliphatic rings. The van der Waals surface area contributed by atoms with Crippen LogP contribution in [-0.2, 0) is 0 Å². The highest BCUT2D eigenvalue weighted by atomic mass is 32.1. The Balaban J connectivity index is 1.74. The second kappa shape index (κ2) is 6.78. The summed E-state index contributed by atoms with van der Waals surface area (Å²) in [4.78, 5) is 15.0. The van der Waals surface area contributed by atoms with Crippen molar-refractivity contribution in [1.82, 2.24) is 15.5 Å². The van der Waals surface area contributed by atoms with E-state index in [0.29, 0.717) is 12.1 Å². The molecule has 5 heteroatoms. The molecule has 1 heterocycles. The molecule has 1 amide bonds. The minimum atomic E-state index is -0.0268. The third-order valence-electron chi connectivity index (χ3n) is 3.03. The van der Waals surface area contributed by atoms with Crippen LogP contribution in [-0.4, -0.2) is 50.1 Å². The number of carbonyl (C=O) groups excluding carboxylic acids is 1. The van der Waals surface area contributed by atoms with Crippen molar-refractivity contribution in [3.63, 3.8) is 0 Å². The average Bonchev–Trinajstić information content (AvgIpc) is 2.40. The molecule has 0 atom stereocenters. The lowest BCUT2D eigenvalue weighted by Gasteiger charge is -2.27. The summed E-state index contributed by atoms with van der Waals surface area (Å²) in [5.74, 6) is -0.0268. The van der Waals surface area contributed by atoms with Gasteiger partial charge in [-0.1, -0.05) is 6.07 Å². The number of rotatable bonds is 4. The van der Waals surface area contributed by atoms with Gasteiger partial charge in [-0.25, -0.2) is 0 Å². The molecule has 0 bridgehead atoms. The van der Waals surface area contributed by atoms with E-state index in [9.17, 15) is 4.79 Å². The number of piperazine rings is 1. The molecular formula is C13H19N3OS. The van der Waals surface area contributed by atoms with Crippen molar-refractivity contribution >= 4 is 18.5 Å².